The number of hydrogen-bond donors (Lipinski definition) is 4. The van der Waals surface area contributed by atoms with Crippen LogP contribution in [0.15, 0.2) is 134 Å². The van der Waals surface area contributed by atoms with Gasteiger partial charge in [0.15, 0.2) is 0 Å². The van der Waals surface area contributed by atoms with Crippen LogP contribution in [0.5, 0.6) is 11.5 Å². The molecule has 0 bridgehead atoms. The van der Waals surface area contributed by atoms with Crippen LogP contribution in [-0.4, -0.2) is 55.5 Å². The molecule has 0 fully saturated rings. The second-order valence-electron chi connectivity index (χ2n) is 11.8. The Hall–Kier alpha value is -6.26. The first-order valence-electron chi connectivity index (χ1n) is 16.6. The third-order valence-electron chi connectivity index (χ3n) is 7.75. The Morgan fingerprint density at radius 2 is 1.02 bits per heavy atom. The average molecular weight is 765 g/mol. The van der Waals surface area contributed by atoms with Crippen molar-refractivity contribution in [2.75, 3.05) is 17.2 Å². The minimum Gasteiger partial charge on any atom is -0.406 e. The van der Waals surface area contributed by atoms with Crippen LogP contribution in [0.3, 0.4) is 0 Å². The summed E-state index contributed by atoms with van der Waals surface area (Å²) < 4.78 is 81.1. The van der Waals surface area contributed by atoms with E-state index in [-0.39, 0.29) is 24.1 Å². The summed E-state index contributed by atoms with van der Waals surface area (Å²) in [7, 11) is 0. The first-order valence-corrected chi connectivity index (χ1v) is 16.6. The Kier molecular flexibility index (Phi) is 13.2. The Balaban J connectivity index is 0.000000211. The predicted molar refractivity (Wildman–Crippen MR) is 193 cm³/mol. The summed E-state index contributed by atoms with van der Waals surface area (Å²) in [6.07, 6.45) is -8.22. The number of alkyl halides is 6. The van der Waals surface area contributed by atoms with Gasteiger partial charge in [0.1, 0.15) is 35.8 Å². The molecule has 55 heavy (non-hydrogen) atoms. The van der Waals surface area contributed by atoms with Gasteiger partial charge in [-0.3, -0.25) is 0 Å². The lowest BCUT2D eigenvalue weighted by molar-refractivity contribution is -0.275. The summed E-state index contributed by atoms with van der Waals surface area (Å²) in [4.78, 5) is 16.5. The molecule has 10 nitrogen and oxygen atoms in total. The van der Waals surface area contributed by atoms with Crippen LogP contribution in [0.25, 0.3) is 22.5 Å². The molecule has 0 radical (unpaired) electrons. The SMILES string of the molecule is C[C@@H](Nc1cc(-c2ccc(OC(F)(F)F)cc2)ncn1)[C@@H](O)c1ccccc1.O[C@H](CNc1cc(-c2ccc(OC(F)(F)F)cc2)ncn1)c1ccccc1. The van der Waals surface area contributed by atoms with E-state index >= 15 is 0 Å². The fourth-order valence-corrected chi connectivity index (χ4v) is 5.11. The molecule has 0 saturated heterocycles. The molecule has 4 N–H and O–H groups in total. The number of halogens is 6. The van der Waals surface area contributed by atoms with Crippen molar-refractivity contribution >= 4 is 11.6 Å². The van der Waals surface area contributed by atoms with E-state index in [0.29, 0.717) is 34.2 Å². The number of aliphatic hydroxyl groups excluding tert-OH is 2. The van der Waals surface area contributed by atoms with Crippen LogP contribution >= 0.6 is 0 Å². The average Bonchev–Trinajstić information content (AvgIpc) is 3.17. The molecule has 2 aromatic heterocycles. The monoisotopic (exact) mass is 764 g/mol. The second kappa shape index (κ2) is 18.2. The molecule has 3 atom stereocenters. The summed E-state index contributed by atoms with van der Waals surface area (Å²) in [6, 6.07) is 32.2. The van der Waals surface area contributed by atoms with Gasteiger partial charge in [-0.1, -0.05) is 60.7 Å². The predicted octanol–water partition coefficient (Wildman–Crippen LogP) is 8.76. The smallest absolute Gasteiger partial charge is 0.406 e. The lowest BCUT2D eigenvalue weighted by atomic mass is 10.0. The van der Waals surface area contributed by atoms with Crippen LogP contribution in [0.4, 0.5) is 38.0 Å². The molecule has 16 heteroatoms. The van der Waals surface area contributed by atoms with E-state index in [9.17, 15) is 36.6 Å². The normalized spacial score (nSPS) is 13.0. The summed E-state index contributed by atoms with van der Waals surface area (Å²) in [5, 5.41) is 26.8. The minimum atomic E-state index is -4.73. The van der Waals surface area contributed by atoms with Gasteiger partial charge in [0, 0.05) is 29.8 Å². The van der Waals surface area contributed by atoms with E-state index in [0.717, 1.165) is 11.1 Å². The van der Waals surface area contributed by atoms with Crippen molar-refractivity contribution in [3.63, 3.8) is 0 Å². The van der Waals surface area contributed by atoms with Crippen molar-refractivity contribution in [1.82, 2.24) is 19.9 Å². The van der Waals surface area contributed by atoms with E-state index in [1.165, 1.54) is 61.2 Å². The summed E-state index contributed by atoms with van der Waals surface area (Å²) in [5.74, 6) is 0.376. The summed E-state index contributed by atoms with van der Waals surface area (Å²) in [6.45, 7) is 2.07. The van der Waals surface area contributed by atoms with Crippen molar-refractivity contribution in [3.05, 3.63) is 145 Å². The van der Waals surface area contributed by atoms with Crippen LogP contribution in [-0.2, 0) is 0 Å². The van der Waals surface area contributed by atoms with E-state index in [4.69, 9.17) is 0 Å². The third-order valence-corrected chi connectivity index (χ3v) is 7.75. The van der Waals surface area contributed by atoms with Gasteiger partial charge in [-0.15, -0.1) is 26.3 Å². The van der Waals surface area contributed by atoms with Gasteiger partial charge in [0.25, 0.3) is 0 Å². The van der Waals surface area contributed by atoms with Gasteiger partial charge in [-0.2, -0.15) is 0 Å². The molecule has 4 aromatic carbocycles. The first-order chi connectivity index (χ1) is 26.2. The van der Waals surface area contributed by atoms with Crippen molar-refractivity contribution in [2.45, 2.75) is 37.9 Å². The number of nitrogens with one attached hydrogen (secondary N) is 2. The van der Waals surface area contributed by atoms with Crippen molar-refractivity contribution in [2.24, 2.45) is 0 Å². The highest BCUT2D eigenvalue weighted by atomic mass is 19.4. The number of nitrogens with zero attached hydrogens (tertiary/aromatic N) is 4. The highest BCUT2D eigenvalue weighted by Crippen LogP contribution is 2.28. The zero-order chi connectivity index (χ0) is 39.4. The highest BCUT2D eigenvalue weighted by Gasteiger charge is 2.31. The maximum atomic E-state index is 12.3. The van der Waals surface area contributed by atoms with E-state index in [1.54, 1.807) is 12.1 Å². The number of hydrogen-bond acceptors (Lipinski definition) is 10. The van der Waals surface area contributed by atoms with Gasteiger partial charge in [-0.05, 0) is 66.6 Å². The number of rotatable bonds is 12. The van der Waals surface area contributed by atoms with Gasteiger partial charge in [0.05, 0.1) is 29.6 Å². The molecule has 0 spiro atoms. The fraction of sp³-hybridized carbons (Fsp3) is 0.179. The number of aromatic nitrogens is 4. The van der Waals surface area contributed by atoms with E-state index in [2.05, 4.69) is 40.0 Å². The topological polar surface area (TPSA) is 135 Å². The maximum absolute atomic E-state index is 12.3. The Labute approximate surface area is 311 Å². The van der Waals surface area contributed by atoms with E-state index < -0.39 is 24.9 Å². The standard InChI is InChI=1S/C20H18F3N3O2.C19H16F3N3O2/c1-13(19(27)15-5-3-2-4-6-15)26-18-11-17(24-12-25-18)14-7-9-16(10-8-14)28-20(21,22)23;20-19(21,22)27-15-8-6-13(7-9-15)16-10-18(25-12-24-16)23-11-17(26)14-4-2-1-3-5-14/h2-13,19,27H,1H3,(H,24,25,26);1-10,12,17,26H,11H2,(H,23,24,25)/t13-,19-;17-/m11/s1. The lowest BCUT2D eigenvalue weighted by Crippen LogP contribution is -2.24. The van der Waals surface area contributed by atoms with Crippen LogP contribution in [0, 0.1) is 0 Å². The second-order valence-corrected chi connectivity index (χ2v) is 11.8. The number of ether oxygens (including phenoxy) is 2. The summed E-state index contributed by atoms with van der Waals surface area (Å²) >= 11 is 0. The molecule has 6 rings (SSSR count). The minimum absolute atomic E-state index is 0.249. The van der Waals surface area contributed by atoms with Gasteiger partial charge >= 0.3 is 12.7 Å². The molecule has 0 unspecified atom stereocenters. The van der Waals surface area contributed by atoms with Gasteiger partial charge in [-0.25, -0.2) is 19.9 Å². The summed E-state index contributed by atoms with van der Waals surface area (Å²) in [5.41, 5.74) is 3.82. The lowest BCUT2D eigenvalue weighted by Gasteiger charge is -2.21. The number of aliphatic hydroxyl groups is 2. The van der Waals surface area contributed by atoms with E-state index in [1.807, 2.05) is 67.6 Å². The Morgan fingerprint density at radius 1 is 0.582 bits per heavy atom. The van der Waals surface area contributed by atoms with Crippen molar-refractivity contribution < 1.29 is 46.0 Å². The van der Waals surface area contributed by atoms with Gasteiger partial charge < -0.3 is 30.3 Å². The van der Waals surface area contributed by atoms with Crippen LogP contribution in [0.2, 0.25) is 0 Å². The van der Waals surface area contributed by atoms with Crippen LogP contribution < -0.4 is 20.1 Å². The number of anilines is 2. The molecule has 6 aromatic rings. The van der Waals surface area contributed by atoms with Gasteiger partial charge in [0.2, 0.25) is 0 Å². The molecular weight excluding hydrogens is 730 g/mol. The Morgan fingerprint density at radius 3 is 1.49 bits per heavy atom. The zero-order valence-corrected chi connectivity index (χ0v) is 28.9. The maximum Gasteiger partial charge on any atom is 0.573 e. The molecule has 0 aliphatic carbocycles. The molecular formula is C39H34F6N6O4. The third kappa shape index (κ3) is 12.7. The largest absolute Gasteiger partial charge is 0.573 e. The molecule has 286 valence electrons. The first kappa shape index (κ1) is 39.9. The number of benzene rings is 4. The molecule has 0 aliphatic heterocycles. The highest BCUT2D eigenvalue weighted by molar-refractivity contribution is 5.64. The molecule has 0 saturated carbocycles. The van der Waals surface area contributed by atoms with Crippen LogP contribution in [0.1, 0.15) is 30.3 Å². The molecule has 0 aliphatic rings. The zero-order valence-electron chi connectivity index (χ0n) is 28.9. The van der Waals surface area contributed by atoms with Crippen molar-refractivity contribution in [1.29, 1.82) is 0 Å². The Bertz CT molecular complexity index is 2070. The van der Waals surface area contributed by atoms with Crippen molar-refractivity contribution in [3.8, 4) is 34.0 Å². The molecule has 2 heterocycles. The fourth-order valence-electron chi connectivity index (χ4n) is 5.11. The quantitative estimate of drug-likeness (QED) is 0.0897. The molecule has 0 amide bonds.